The first-order valence-electron chi connectivity index (χ1n) is 19.2. The smallest absolute Gasteiger partial charge is 0.297 e. The lowest BCUT2D eigenvalue weighted by atomic mass is 9.93. The number of imidazole rings is 1. The number of amides is 1. The summed E-state index contributed by atoms with van der Waals surface area (Å²) in [5.74, 6) is 0.914. The number of halogens is 1. The van der Waals surface area contributed by atoms with E-state index < -0.39 is 11.3 Å². The van der Waals surface area contributed by atoms with Crippen molar-refractivity contribution < 1.29 is 33.2 Å². The van der Waals surface area contributed by atoms with Crippen molar-refractivity contribution >= 4 is 45.9 Å². The number of piperidine rings is 1. The van der Waals surface area contributed by atoms with Gasteiger partial charge in [-0.25, -0.2) is 19.2 Å². The first-order chi connectivity index (χ1) is 26.2. The van der Waals surface area contributed by atoms with E-state index in [1.165, 1.54) is 6.92 Å². The molecular weight excluding hydrogens is 703 g/mol. The number of para-hydroxylation sites is 1. The van der Waals surface area contributed by atoms with Crippen LogP contribution >= 0.6 is 0 Å². The Balaban J connectivity index is 0.000000794. The van der Waals surface area contributed by atoms with Gasteiger partial charge in [-0.3, -0.25) is 14.6 Å². The molecule has 1 aromatic carbocycles. The Hall–Kier alpha value is -4.59. The highest BCUT2D eigenvalue weighted by molar-refractivity contribution is 6.05. The molecule has 296 valence electrons. The highest BCUT2D eigenvalue weighted by Gasteiger charge is 2.39. The van der Waals surface area contributed by atoms with E-state index in [-0.39, 0.29) is 49.1 Å². The van der Waals surface area contributed by atoms with Crippen molar-refractivity contribution in [2.75, 3.05) is 37.7 Å². The number of fused-ring (bicyclic) bond motifs is 4. The highest BCUT2D eigenvalue weighted by atomic mass is 19.1. The summed E-state index contributed by atoms with van der Waals surface area (Å²) in [5.41, 5.74) is -0.587. The Kier molecular flexibility index (Phi) is 12.1. The third kappa shape index (κ3) is 8.79. The van der Waals surface area contributed by atoms with Gasteiger partial charge in [0.15, 0.2) is 22.9 Å². The summed E-state index contributed by atoms with van der Waals surface area (Å²) in [4.78, 5) is 35.2. The molecule has 1 N–H and O–H groups in total. The van der Waals surface area contributed by atoms with Crippen LogP contribution in [0.1, 0.15) is 85.5 Å². The zero-order chi connectivity index (χ0) is 39.5. The van der Waals surface area contributed by atoms with Gasteiger partial charge in [0.2, 0.25) is 5.91 Å². The average Bonchev–Trinajstić information content (AvgIpc) is 3.83. The number of anilines is 1. The van der Waals surface area contributed by atoms with Gasteiger partial charge in [0.05, 0.1) is 36.1 Å². The van der Waals surface area contributed by atoms with Crippen LogP contribution in [0.5, 0.6) is 6.01 Å². The third-order valence-electron chi connectivity index (χ3n) is 10.3. The zero-order valence-electron chi connectivity index (χ0n) is 33.0. The maximum Gasteiger partial charge on any atom is 0.297 e. The minimum atomic E-state index is -1.94. The summed E-state index contributed by atoms with van der Waals surface area (Å²) in [6, 6.07) is 8.41. The number of ether oxygens (including phenoxy) is 2. The minimum Gasteiger partial charge on any atom is -0.459 e. The molecule has 5 heterocycles. The van der Waals surface area contributed by atoms with Gasteiger partial charge >= 0.3 is 0 Å². The van der Waals surface area contributed by atoms with Crippen molar-refractivity contribution in [1.29, 1.82) is 0 Å². The molecule has 0 bridgehead atoms. The molecule has 4 aromatic rings. The van der Waals surface area contributed by atoms with Gasteiger partial charge in [-0.1, -0.05) is 43.4 Å². The zero-order valence-corrected chi connectivity index (χ0v) is 33.0. The van der Waals surface area contributed by atoms with E-state index in [1.807, 2.05) is 29.2 Å². The number of nitrogens with zero attached hydrogens (tertiary/aromatic N) is 6. The fraction of sp³-hybridized carbons (Fsp3) is 0.524. The first-order valence-corrected chi connectivity index (χ1v) is 19.2. The van der Waals surface area contributed by atoms with Crippen molar-refractivity contribution in [2.24, 2.45) is 5.92 Å². The molecule has 0 spiro atoms. The summed E-state index contributed by atoms with van der Waals surface area (Å²) < 4.78 is 37.1. The molecule has 3 aliphatic rings. The summed E-state index contributed by atoms with van der Waals surface area (Å²) in [6.07, 6.45) is 11.3. The fourth-order valence-corrected chi connectivity index (χ4v) is 7.55. The number of carbonyl (C=O) groups excluding carboxylic acids is 1. The van der Waals surface area contributed by atoms with Crippen LogP contribution in [0.15, 0.2) is 54.0 Å². The lowest BCUT2D eigenvalue weighted by Crippen LogP contribution is -2.46. The summed E-state index contributed by atoms with van der Waals surface area (Å²) in [6.45, 7) is 20.4. The number of alkyl halides is 1. The van der Waals surface area contributed by atoms with Crippen LogP contribution < -0.4 is 20.3 Å². The number of benzene rings is 1. The van der Waals surface area contributed by atoms with E-state index in [9.17, 15) is 4.79 Å². The van der Waals surface area contributed by atoms with E-state index in [0.29, 0.717) is 61.0 Å². The van der Waals surface area contributed by atoms with E-state index in [4.69, 9.17) is 34.1 Å². The molecule has 1 unspecified atom stereocenters. The second-order valence-corrected chi connectivity index (χ2v) is 16.0. The molecule has 7 rings (SSSR count). The first kappa shape index (κ1) is 40.1. The summed E-state index contributed by atoms with van der Waals surface area (Å²) in [7, 11) is 0. The average molecular weight is 759 g/mol. The van der Waals surface area contributed by atoms with Crippen LogP contribution in [0.2, 0.25) is 0 Å². The van der Waals surface area contributed by atoms with Crippen LogP contribution in [0, 0.1) is 5.92 Å². The molecule has 2 fully saturated rings. The van der Waals surface area contributed by atoms with Crippen molar-refractivity contribution in [3.05, 3.63) is 66.1 Å². The molecule has 0 radical (unpaired) electrons. The van der Waals surface area contributed by atoms with E-state index in [2.05, 4.69) is 53.5 Å². The minimum absolute atomic E-state index is 0.0150. The molecule has 55 heavy (non-hydrogen) atoms. The van der Waals surface area contributed by atoms with Crippen LogP contribution in [-0.2, 0) is 20.1 Å². The Morgan fingerprint density at radius 1 is 1.07 bits per heavy atom. The quantitative estimate of drug-likeness (QED) is 0.0772. The van der Waals surface area contributed by atoms with Crippen molar-refractivity contribution in [3.8, 4) is 6.01 Å². The Morgan fingerprint density at radius 3 is 2.53 bits per heavy atom. The number of aromatic nitrogens is 4. The van der Waals surface area contributed by atoms with Crippen LogP contribution in [0.4, 0.5) is 10.2 Å². The standard InChI is InChI=1S/C38H45FN6O4.C4H10O2/c1-6-12-32(46)43-18-17-29(24(3)21-43)45-30-15-10-9-14-28(30)40-37(45)48-26-20-25(4)44(22-26)35-34-33(27-13-8-11-16-31(27)49-34)41-36(42-35)38(5,39)23-47-19-7-2;1-4(2,3)6-5/h6-8,11,13-16,24-26,29H,1-2,9-10,12,17-23H2,3-5H3;5H,1-3H3/t24-,25+,26-,29-,38?;/m0./s1. The molecule has 0 saturated carbocycles. The van der Waals surface area contributed by atoms with Crippen molar-refractivity contribution in [2.45, 2.75) is 103 Å². The van der Waals surface area contributed by atoms with Crippen LogP contribution in [-0.4, -0.2) is 86.2 Å². The Morgan fingerprint density at radius 2 is 1.82 bits per heavy atom. The molecule has 12 nitrogen and oxygen atoms in total. The van der Waals surface area contributed by atoms with E-state index >= 15 is 4.39 Å². The number of likely N-dealkylation sites (tertiary alicyclic amines) is 1. The van der Waals surface area contributed by atoms with Gasteiger partial charge in [0.1, 0.15) is 17.2 Å². The molecule has 1 amide bonds. The molecule has 5 atom stereocenters. The second-order valence-electron chi connectivity index (χ2n) is 16.0. The maximum atomic E-state index is 16.2. The monoisotopic (exact) mass is 758 g/mol. The van der Waals surface area contributed by atoms with Gasteiger partial charge in [-0.05, 0) is 71.9 Å². The number of carbonyl (C=O) groups is 1. The van der Waals surface area contributed by atoms with E-state index in [0.717, 1.165) is 35.3 Å². The topological polar surface area (TPSA) is 128 Å². The maximum absolute atomic E-state index is 16.2. The molecular formula is C42H55FN6O6. The highest BCUT2D eigenvalue weighted by Crippen LogP contribution is 2.39. The number of rotatable bonds is 11. The summed E-state index contributed by atoms with van der Waals surface area (Å²) in [5, 5.41) is 10.8. The van der Waals surface area contributed by atoms with Crippen molar-refractivity contribution in [3.63, 3.8) is 0 Å². The lowest BCUT2D eigenvalue weighted by molar-refractivity contribution is -0.306. The Bertz CT molecular complexity index is 2140. The SMILES string of the molecule is C=CCOCC(C)(F)c1nc(N2C[C@@H](Oc3nc4c(n3[C@H]3CCN(C(=O)CC=C)C[C@@H]3C)=CCCC=4)C[C@H]2C)c2oc3ccccc3c2n1.CC(C)(C)OO. The molecule has 13 heteroatoms. The van der Waals surface area contributed by atoms with Gasteiger partial charge in [-0.2, -0.15) is 4.98 Å². The summed E-state index contributed by atoms with van der Waals surface area (Å²) >= 11 is 0. The third-order valence-corrected chi connectivity index (χ3v) is 10.3. The van der Waals surface area contributed by atoms with Crippen LogP contribution in [0.25, 0.3) is 34.2 Å². The predicted molar refractivity (Wildman–Crippen MR) is 212 cm³/mol. The second kappa shape index (κ2) is 16.6. The number of hydrogen-bond donors (Lipinski definition) is 1. The molecule has 3 aromatic heterocycles. The van der Waals surface area contributed by atoms with Gasteiger partial charge in [-0.15, -0.1) is 13.2 Å². The van der Waals surface area contributed by atoms with Crippen molar-refractivity contribution in [1.82, 2.24) is 24.4 Å². The van der Waals surface area contributed by atoms with Gasteiger partial charge in [0.25, 0.3) is 6.01 Å². The number of hydrogen-bond acceptors (Lipinski definition) is 10. The van der Waals surface area contributed by atoms with Gasteiger partial charge < -0.3 is 23.7 Å². The largest absolute Gasteiger partial charge is 0.459 e. The molecule has 1 aliphatic carbocycles. The van der Waals surface area contributed by atoms with Crippen LogP contribution in [0.3, 0.4) is 0 Å². The Labute approximate surface area is 321 Å². The fourth-order valence-electron chi connectivity index (χ4n) is 7.55. The molecule has 2 aliphatic heterocycles. The number of furan rings is 1. The normalized spacial score (nSPS) is 22.3. The van der Waals surface area contributed by atoms with E-state index in [1.54, 1.807) is 32.9 Å². The van der Waals surface area contributed by atoms with Gasteiger partial charge in [0, 0.05) is 43.4 Å². The molecule has 2 saturated heterocycles. The lowest BCUT2D eigenvalue weighted by Gasteiger charge is -2.38. The predicted octanol–water partition coefficient (Wildman–Crippen LogP) is 6.62.